The molecule has 0 saturated carbocycles. The van der Waals surface area contributed by atoms with Gasteiger partial charge in [0.15, 0.2) is 0 Å². The predicted octanol–water partition coefficient (Wildman–Crippen LogP) is 1.29. The summed E-state index contributed by atoms with van der Waals surface area (Å²) in [5.74, 6) is 0.0874. The van der Waals surface area contributed by atoms with Crippen LogP contribution in [0.25, 0.3) is 6.08 Å². The molecular weight excluding hydrogens is 234 g/mol. The number of piperazine rings is 1. The fraction of sp³-hybridized carbons (Fsp3) is 0.500. The molecule has 92 valence electrons. The van der Waals surface area contributed by atoms with Gasteiger partial charge in [-0.2, -0.15) is 0 Å². The number of rotatable bonds is 2. The molecule has 2 rings (SSSR count). The summed E-state index contributed by atoms with van der Waals surface area (Å²) in [6.45, 7) is 6.50. The molecule has 1 unspecified atom stereocenters. The van der Waals surface area contributed by atoms with Crippen LogP contribution in [0.1, 0.15) is 16.8 Å². The number of aromatic nitrogens is 1. The van der Waals surface area contributed by atoms with Crippen molar-refractivity contribution in [1.29, 1.82) is 0 Å². The van der Waals surface area contributed by atoms with Crippen molar-refractivity contribution in [3.63, 3.8) is 0 Å². The molecule has 1 N–H and O–H groups in total. The van der Waals surface area contributed by atoms with Gasteiger partial charge in [-0.3, -0.25) is 4.79 Å². The first-order valence-electron chi connectivity index (χ1n) is 5.78. The number of nitrogens with zero attached hydrogens (tertiary/aromatic N) is 2. The first-order chi connectivity index (χ1) is 8.15. The number of amides is 1. The van der Waals surface area contributed by atoms with Crippen LogP contribution in [0, 0.1) is 6.92 Å². The lowest BCUT2D eigenvalue weighted by atomic mass is 10.2. The van der Waals surface area contributed by atoms with Gasteiger partial charge in [0.2, 0.25) is 5.91 Å². The van der Waals surface area contributed by atoms with E-state index in [0.717, 1.165) is 29.5 Å². The van der Waals surface area contributed by atoms with E-state index in [4.69, 9.17) is 0 Å². The lowest BCUT2D eigenvalue weighted by Gasteiger charge is -2.31. The smallest absolute Gasteiger partial charge is 0.246 e. The number of carbonyl (C=O) groups excluding carboxylic acids is 1. The lowest BCUT2D eigenvalue weighted by Crippen LogP contribution is -2.50. The molecule has 0 aliphatic carbocycles. The van der Waals surface area contributed by atoms with Gasteiger partial charge in [-0.05, 0) is 19.9 Å². The van der Waals surface area contributed by atoms with Gasteiger partial charge in [-0.15, -0.1) is 11.3 Å². The average molecular weight is 251 g/mol. The van der Waals surface area contributed by atoms with E-state index in [9.17, 15) is 4.79 Å². The van der Waals surface area contributed by atoms with Crippen LogP contribution in [0.2, 0.25) is 0 Å². The fourth-order valence-corrected chi connectivity index (χ4v) is 2.53. The molecule has 1 aliphatic rings. The SMILES string of the molecule is Cc1ncc(/C=C/C(=O)N2CCNC(C)C2)s1. The molecule has 1 amide bonds. The zero-order valence-corrected chi connectivity index (χ0v) is 11.0. The highest BCUT2D eigenvalue weighted by Crippen LogP contribution is 2.13. The number of carbonyl (C=O) groups is 1. The van der Waals surface area contributed by atoms with Crippen molar-refractivity contribution in [2.45, 2.75) is 19.9 Å². The van der Waals surface area contributed by atoms with Gasteiger partial charge in [-0.25, -0.2) is 4.98 Å². The maximum Gasteiger partial charge on any atom is 0.246 e. The normalized spacial score (nSPS) is 21.1. The third-order valence-electron chi connectivity index (χ3n) is 2.71. The summed E-state index contributed by atoms with van der Waals surface area (Å²) in [4.78, 5) is 19.0. The van der Waals surface area contributed by atoms with Crippen LogP contribution in [-0.4, -0.2) is 41.5 Å². The summed E-state index contributed by atoms with van der Waals surface area (Å²) in [6, 6.07) is 0.381. The summed E-state index contributed by atoms with van der Waals surface area (Å²) in [5.41, 5.74) is 0. The van der Waals surface area contributed by atoms with E-state index in [2.05, 4.69) is 17.2 Å². The minimum atomic E-state index is 0.0874. The van der Waals surface area contributed by atoms with Crippen LogP contribution < -0.4 is 5.32 Å². The number of aryl methyl sites for hydroxylation is 1. The van der Waals surface area contributed by atoms with Gasteiger partial charge in [0, 0.05) is 42.8 Å². The molecule has 1 aliphatic heterocycles. The van der Waals surface area contributed by atoms with Crippen LogP contribution in [0.3, 0.4) is 0 Å². The Morgan fingerprint density at radius 1 is 1.71 bits per heavy atom. The summed E-state index contributed by atoms with van der Waals surface area (Å²) in [7, 11) is 0. The molecule has 0 aromatic carbocycles. The first-order valence-corrected chi connectivity index (χ1v) is 6.59. The molecule has 17 heavy (non-hydrogen) atoms. The van der Waals surface area contributed by atoms with E-state index in [-0.39, 0.29) is 5.91 Å². The molecule has 1 atom stereocenters. The Hall–Kier alpha value is -1.20. The Balaban J connectivity index is 1.94. The molecule has 0 radical (unpaired) electrons. The number of hydrogen-bond acceptors (Lipinski definition) is 4. The van der Waals surface area contributed by atoms with Gasteiger partial charge in [0.1, 0.15) is 0 Å². The van der Waals surface area contributed by atoms with Gasteiger partial charge in [0.05, 0.1) is 5.01 Å². The Morgan fingerprint density at radius 2 is 2.53 bits per heavy atom. The molecule has 4 nitrogen and oxygen atoms in total. The maximum absolute atomic E-state index is 11.9. The maximum atomic E-state index is 11.9. The fourth-order valence-electron chi connectivity index (χ4n) is 1.85. The zero-order valence-electron chi connectivity index (χ0n) is 10.1. The second-order valence-corrected chi connectivity index (χ2v) is 5.52. The van der Waals surface area contributed by atoms with Crippen molar-refractivity contribution in [2.75, 3.05) is 19.6 Å². The summed E-state index contributed by atoms with van der Waals surface area (Å²) in [6.07, 6.45) is 5.29. The highest BCUT2D eigenvalue weighted by atomic mass is 32.1. The van der Waals surface area contributed by atoms with Gasteiger partial charge in [-0.1, -0.05) is 0 Å². The minimum absolute atomic E-state index is 0.0874. The van der Waals surface area contributed by atoms with Crippen molar-refractivity contribution < 1.29 is 4.79 Å². The predicted molar refractivity (Wildman–Crippen MR) is 69.9 cm³/mol. The van der Waals surface area contributed by atoms with Crippen molar-refractivity contribution in [3.8, 4) is 0 Å². The van der Waals surface area contributed by atoms with Crippen LogP contribution in [-0.2, 0) is 4.79 Å². The number of nitrogens with one attached hydrogen (secondary N) is 1. The van der Waals surface area contributed by atoms with Gasteiger partial charge >= 0.3 is 0 Å². The molecular formula is C12H17N3OS. The van der Waals surface area contributed by atoms with E-state index >= 15 is 0 Å². The van der Waals surface area contributed by atoms with Crippen LogP contribution in [0.5, 0.6) is 0 Å². The molecule has 0 bridgehead atoms. The largest absolute Gasteiger partial charge is 0.336 e. The molecule has 1 aromatic rings. The van der Waals surface area contributed by atoms with E-state index in [1.165, 1.54) is 0 Å². The molecule has 5 heteroatoms. The Labute approximate surface area is 105 Å². The van der Waals surface area contributed by atoms with Crippen molar-refractivity contribution in [3.05, 3.63) is 22.2 Å². The van der Waals surface area contributed by atoms with Crippen molar-refractivity contribution >= 4 is 23.3 Å². The van der Waals surface area contributed by atoms with Crippen molar-refractivity contribution in [2.24, 2.45) is 0 Å². The van der Waals surface area contributed by atoms with Crippen molar-refractivity contribution in [1.82, 2.24) is 15.2 Å². The first kappa shape index (κ1) is 12.3. The van der Waals surface area contributed by atoms with Crippen LogP contribution in [0.4, 0.5) is 0 Å². The standard InChI is InChI=1S/C12H17N3OS/c1-9-8-15(6-5-13-9)12(16)4-3-11-7-14-10(2)17-11/h3-4,7,9,13H,5-6,8H2,1-2H3/b4-3+. The summed E-state index contributed by atoms with van der Waals surface area (Å²) < 4.78 is 0. The van der Waals surface area contributed by atoms with E-state index < -0.39 is 0 Å². The molecule has 1 saturated heterocycles. The average Bonchev–Trinajstić information content (AvgIpc) is 2.72. The number of hydrogen-bond donors (Lipinski definition) is 1. The second-order valence-electron chi connectivity index (χ2n) is 4.25. The molecule has 1 aromatic heterocycles. The topological polar surface area (TPSA) is 45.2 Å². The third-order valence-corrected chi connectivity index (χ3v) is 3.59. The zero-order chi connectivity index (χ0) is 12.3. The van der Waals surface area contributed by atoms with Crippen LogP contribution in [0.15, 0.2) is 12.3 Å². The molecule has 2 heterocycles. The van der Waals surface area contributed by atoms with E-state index in [1.54, 1.807) is 23.6 Å². The highest BCUT2D eigenvalue weighted by Gasteiger charge is 2.18. The molecule has 1 fully saturated rings. The molecule has 0 spiro atoms. The van der Waals surface area contributed by atoms with E-state index in [1.807, 2.05) is 17.9 Å². The summed E-state index contributed by atoms with van der Waals surface area (Å²) >= 11 is 1.60. The Morgan fingerprint density at radius 3 is 3.18 bits per heavy atom. The third kappa shape index (κ3) is 3.38. The number of thiazole rings is 1. The van der Waals surface area contributed by atoms with Gasteiger partial charge < -0.3 is 10.2 Å². The Bertz CT molecular complexity index is 427. The van der Waals surface area contributed by atoms with Gasteiger partial charge in [0.25, 0.3) is 0 Å². The monoisotopic (exact) mass is 251 g/mol. The minimum Gasteiger partial charge on any atom is -0.336 e. The van der Waals surface area contributed by atoms with E-state index in [0.29, 0.717) is 6.04 Å². The lowest BCUT2D eigenvalue weighted by molar-refractivity contribution is -0.127. The van der Waals surface area contributed by atoms with Crippen LogP contribution >= 0.6 is 11.3 Å². The quantitative estimate of drug-likeness (QED) is 0.806. The second kappa shape index (κ2) is 5.42. The highest BCUT2D eigenvalue weighted by molar-refractivity contribution is 7.12. The summed E-state index contributed by atoms with van der Waals surface area (Å²) in [5, 5.41) is 4.34. The Kier molecular flexibility index (Phi) is 3.91.